The lowest BCUT2D eigenvalue weighted by atomic mass is 10.2. The van der Waals surface area contributed by atoms with Gasteiger partial charge in [0.05, 0.1) is 4.90 Å². The summed E-state index contributed by atoms with van der Waals surface area (Å²) in [6.45, 7) is 0. The molecule has 0 aliphatic rings. The molecule has 1 unspecified atom stereocenters. The number of alkyl halides is 2. The standard InChI is InChI=1S/C15H10Br2N2O3S/c16-15(17,22-23(20)12-9-5-2-6-10-12)14-19-18-13(21-14)11-7-3-1-4-8-11/h1-10H. The van der Waals surface area contributed by atoms with Gasteiger partial charge < -0.3 is 4.42 Å². The number of rotatable bonds is 5. The van der Waals surface area contributed by atoms with E-state index in [2.05, 4.69) is 42.1 Å². The van der Waals surface area contributed by atoms with E-state index in [9.17, 15) is 4.21 Å². The molecule has 0 bridgehead atoms. The van der Waals surface area contributed by atoms with Crippen LogP contribution in [0.3, 0.4) is 0 Å². The van der Waals surface area contributed by atoms with Crippen LogP contribution in [-0.2, 0) is 18.7 Å². The molecule has 118 valence electrons. The third-order valence-corrected chi connectivity index (χ3v) is 5.30. The van der Waals surface area contributed by atoms with Crippen LogP contribution in [0.25, 0.3) is 11.5 Å². The highest BCUT2D eigenvalue weighted by molar-refractivity contribution is 9.24. The van der Waals surface area contributed by atoms with Crippen LogP contribution in [0.5, 0.6) is 0 Å². The Kier molecular flexibility index (Phi) is 5.05. The van der Waals surface area contributed by atoms with E-state index in [1.54, 1.807) is 24.3 Å². The zero-order valence-corrected chi connectivity index (χ0v) is 15.5. The first-order chi connectivity index (χ1) is 11.1. The maximum absolute atomic E-state index is 12.2. The molecule has 8 heteroatoms. The summed E-state index contributed by atoms with van der Waals surface area (Å²) in [5.74, 6) is 0.457. The van der Waals surface area contributed by atoms with Crippen molar-refractivity contribution >= 4 is 42.9 Å². The Labute approximate surface area is 152 Å². The molecule has 0 aliphatic carbocycles. The summed E-state index contributed by atoms with van der Waals surface area (Å²) in [4.78, 5) is 0.526. The van der Waals surface area contributed by atoms with Crippen molar-refractivity contribution in [2.45, 2.75) is 8.32 Å². The van der Waals surface area contributed by atoms with Crippen LogP contribution in [0, 0.1) is 0 Å². The molecule has 1 aromatic heterocycles. The molecule has 2 aromatic carbocycles. The van der Waals surface area contributed by atoms with Crippen molar-refractivity contribution in [3.05, 3.63) is 66.6 Å². The Morgan fingerprint density at radius 2 is 1.57 bits per heavy atom. The summed E-state index contributed by atoms with van der Waals surface area (Å²) in [6, 6.07) is 18.1. The summed E-state index contributed by atoms with van der Waals surface area (Å²) in [7, 11) is 0. The lowest BCUT2D eigenvalue weighted by Crippen LogP contribution is -2.16. The van der Waals surface area contributed by atoms with Gasteiger partial charge in [-0.15, -0.1) is 10.2 Å². The van der Waals surface area contributed by atoms with Crippen LogP contribution in [0.2, 0.25) is 0 Å². The molecule has 0 saturated heterocycles. The quantitative estimate of drug-likeness (QED) is 0.532. The van der Waals surface area contributed by atoms with Crippen LogP contribution < -0.4 is 0 Å². The minimum Gasteiger partial charge on any atom is -0.416 e. The number of halogens is 2. The monoisotopic (exact) mass is 456 g/mol. The van der Waals surface area contributed by atoms with E-state index < -0.39 is 14.5 Å². The SMILES string of the molecule is O=S(OC(Br)(Br)c1nnc(-c2ccccc2)o1)c1ccccc1. The van der Waals surface area contributed by atoms with Gasteiger partial charge in [-0.05, 0) is 56.1 Å². The Hall–Kier alpha value is -1.35. The van der Waals surface area contributed by atoms with E-state index in [1.807, 2.05) is 36.4 Å². The highest BCUT2D eigenvalue weighted by atomic mass is 79.9. The van der Waals surface area contributed by atoms with Crippen LogP contribution in [-0.4, -0.2) is 14.4 Å². The van der Waals surface area contributed by atoms with Crippen LogP contribution in [0.4, 0.5) is 0 Å². The molecule has 3 rings (SSSR count). The molecule has 0 fully saturated rings. The maximum atomic E-state index is 12.2. The Bertz CT molecular complexity index is 810. The van der Waals surface area contributed by atoms with Crippen molar-refractivity contribution in [1.29, 1.82) is 0 Å². The number of benzene rings is 2. The predicted molar refractivity (Wildman–Crippen MR) is 93.2 cm³/mol. The molecule has 0 N–H and O–H groups in total. The average molecular weight is 458 g/mol. The summed E-state index contributed by atoms with van der Waals surface area (Å²) in [5, 5.41) is 7.92. The smallest absolute Gasteiger partial charge is 0.272 e. The maximum Gasteiger partial charge on any atom is 0.272 e. The summed E-state index contributed by atoms with van der Waals surface area (Å²) in [6.07, 6.45) is 0. The van der Waals surface area contributed by atoms with E-state index in [0.717, 1.165) is 5.56 Å². The Morgan fingerprint density at radius 1 is 0.957 bits per heavy atom. The fourth-order valence-corrected chi connectivity index (χ4v) is 3.53. The van der Waals surface area contributed by atoms with E-state index in [4.69, 9.17) is 8.60 Å². The van der Waals surface area contributed by atoms with Crippen molar-refractivity contribution in [3.63, 3.8) is 0 Å². The van der Waals surface area contributed by atoms with Gasteiger partial charge >= 0.3 is 0 Å². The molecule has 0 saturated carbocycles. The van der Waals surface area contributed by atoms with Gasteiger partial charge in [-0.2, -0.15) is 0 Å². The summed E-state index contributed by atoms with van der Waals surface area (Å²) in [5.41, 5.74) is 0.784. The van der Waals surface area contributed by atoms with Crippen molar-refractivity contribution in [2.75, 3.05) is 0 Å². The van der Waals surface area contributed by atoms with Crippen LogP contribution in [0.1, 0.15) is 5.89 Å². The van der Waals surface area contributed by atoms with Crippen molar-refractivity contribution < 1.29 is 12.8 Å². The first-order valence-electron chi connectivity index (χ1n) is 6.50. The first kappa shape index (κ1) is 16.5. The Balaban J connectivity index is 1.80. The van der Waals surface area contributed by atoms with Gasteiger partial charge in [-0.3, -0.25) is 0 Å². The zero-order valence-electron chi connectivity index (χ0n) is 11.6. The molecule has 5 nitrogen and oxygen atoms in total. The van der Waals surface area contributed by atoms with Crippen LogP contribution >= 0.6 is 31.9 Å². The number of nitrogens with zero attached hydrogens (tertiary/aromatic N) is 2. The van der Waals surface area contributed by atoms with E-state index in [0.29, 0.717) is 10.8 Å². The average Bonchev–Trinajstić information content (AvgIpc) is 3.07. The van der Waals surface area contributed by atoms with Gasteiger partial charge in [-0.25, -0.2) is 8.39 Å². The lowest BCUT2D eigenvalue weighted by Gasteiger charge is -2.15. The number of hydrogen-bond acceptors (Lipinski definition) is 5. The lowest BCUT2D eigenvalue weighted by molar-refractivity contribution is 0.259. The third-order valence-electron chi connectivity index (χ3n) is 2.81. The first-order valence-corrected chi connectivity index (χ1v) is 9.16. The highest BCUT2D eigenvalue weighted by Crippen LogP contribution is 2.41. The van der Waals surface area contributed by atoms with Crippen molar-refractivity contribution in [2.24, 2.45) is 0 Å². The zero-order chi connectivity index (χ0) is 16.3. The third kappa shape index (κ3) is 3.95. The molecule has 0 amide bonds. The van der Waals surface area contributed by atoms with E-state index in [-0.39, 0.29) is 5.89 Å². The fraction of sp³-hybridized carbons (Fsp3) is 0.0667. The normalized spacial score (nSPS) is 13.0. The minimum atomic E-state index is -1.71. The molecule has 23 heavy (non-hydrogen) atoms. The second-order valence-electron chi connectivity index (χ2n) is 4.43. The van der Waals surface area contributed by atoms with Crippen LogP contribution in [0.15, 0.2) is 70.0 Å². The molecular weight excluding hydrogens is 448 g/mol. The van der Waals surface area contributed by atoms with E-state index >= 15 is 0 Å². The van der Waals surface area contributed by atoms with Gasteiger partial charge in [0, 0.05) is 5.56 Å². The second kappa shape index (κ2) is 7.04. The van der Waals surface area contributed by atoms with Gasteiger partial charge in [0.1, 0.15) is 0 Å². The Morgan fingerprint density at radius 3 is 2.22 bits per heavy atom. The molecule has 1 atom stereocenters. The highest BCUT2D eigenvalue weighted by Gasteiger charge is 2.36. The minimum absolute atomic E-state index is 0.112. The largest absolute Gasteiger partial charge is 0.416 e. The summed E-state index contributed by atoms with van der Waals surface area (Å²) < 4.78 is 22.0. The van der Waals surface area contributed by atoms with Crippen molar-refractivity contribution in [3.8, 4) is 11.5 Å². The van der Waals surface area contributed by atoms with Gasteiger partial charge in [0.15, 0.2) is 11.1 Å². The number of aromatic nitrogens is 2. The summed E-state index contributed by atoms with van der Waals surface area (Å²) >= 11 is 4.85. The molecule has 1 heterocycles. The number of hydrogen-bond donors (Lipinski definition) is 0. The molecule has 3 aromatic rings. The fourth-order valence-electron chi connectivity index (χ4n) is 1.75. The molecule has 0 aliphatic heterocycles. The van der Waals surface area contributed by atoms with E-state index in [1.165, 1.54) is 0 Å². The second-order valence-corrected chi connectivity index (χ2v) is 8.83. The van der Waals surface area contributed by atoms with Gasteiger partial charge in [0.25, 0.3) is 9.31 Å². The molecule has 0 radical (unpaired) electrons. The topological polar surface area (TPSA) is 65.2 Å². The molecule has 0 spiro atoms. The van der Waals surface area contributed by atoms with Crippen molar-refractivity contribution in [1.82, 2.24) is 10.2 Å². The van der Waals surface area contributed by atoms with Gasteiger partial charge in [-0.1, -0.05) is 36.4 Å². The molecular formula is C15H10Br2N2O3S. The van der Waals surface area contributed by atoms with Gasteiger partial charge in [0.2, 0.25) is 5.89 Å². The predicted octanol–water partition coefficient (Wildman–Crippen LogP) is 4.38.